The van der Waals surface area contributed by atoms with E-state index in [1.165, 1.54) is 18.2 Å². The SMILES string of the molecule is CS(=O)(=O)CCNS(=O)(=O)c1ccc(N)cc1Br. The van der Waals surface area contributed by atoms with Crippen molar-refractivity contribution in [2.75, 3.05) is 24.3 Å². The number of hydrogen-bond acceptors (Lipinski definition) is 5. The van der Waals surface area contributed by atoms with Crippen LogP contribution in [0.2, 0.25) is 0 Å². The second kappa shape index (κ2) is 5.55. The largest absolute Gasteiger partial charge is 0.399 e. The number of halogens is 1. The van der Waals surface area contributed by atoms with E-state index in [0.717, 1.165) is 6.26 Å². The van der Waals surface area contributed by atoms with Crippen molar-refractivity contribution in [1.29, 1.82) is 0 Å². The molecule has 1 rings (SSSR count). The topological polar surface area (TPSA) is 106 Å². The van der Waals surface area contributed by atoms with Crippen molar-refractivity contribution in [3.05, 3.63) is 22.7 Å². The van der Waals surface area contributed by atoms with Gasteiger partial charge in [0.05, 0.1) is 10.6 Å². The minimum atomic E-state index is -3.75. The van der Waals surface area contributed by atoms with Gasteiger partial charge in [-0.3, -0.25) is 0 Å². The molecule has 0 fully saturated rings. The van der Waals surface area contributed by atoms with Gasteiger partial charge < -0.3 is 5.73 Å². The van der Waals surface area contributed by atoms with Gasteiger partial charge >= 0.3 is 0 Å². The summed E-state index contributed by atoms with van der Waals surface area (Å²) in [6.45, 7) is -0.169. The molecule has 0 unspecified atom stereocenters. The van der Waals surface area contributed by atoms with Crippen LogP contribution in [-0.2, 0) is 19.9 Å². The van der Waals surface area contributed by atoms with Crippen LogP contribution in [0.4, 0.5) is 5.69 Å². The van der Waals surface area contributed by atoms with Gasteiger partial charge in [0.1, 0.15) is 9.84 Å². The zero-order valence-corrected chi connectivity index (χ0v) is 12.8. The molecule has 0 spiro atoms. The summed E-state index contributed by atoms with van der Waals surface area (Å²) >= 11 is 3.10. The number of benzene rings is 1. The van der Waals surface area contributed by atoms with Crippen LogP contribution in [0.25, 0.3) is 0 Å². The number of nitrogens with two attached hydrogens (primary N) is 1. The number of anilines is 1. The van der Waals surface area contributed by atoms with E-state index in [1.807, 2.05) is 0 Å². The van der Waals surface area contributed by atoms with Gasteiger partial charge in [0, 0.05) is 23.0 Å². The Morgan fingerprint density at radius 2 is 1.89 bits per heavy atom. The number of hydrogen-bond donors (Lipinski definition) is 2. The third kappa shape index (κ3) is 4.56. The Morgan fingerprint density at radius 1 is 1.28 bits per heavy atom. The van der Waals surface area contributed by atoms with Crippen molar-refractivity contribution in [3.63, 3.8) is 0 Å². The summed E-state index contributed by atoms with van der Waals surface area (Å²) in [6.07, 6.45) is 1.04. The van der Waals surface area contributed by atoms with Crippen molar-refractivity contribution in [2.45, 2.75) is 4.90 Å². The van der Waals surface area contributed by atoms with Crippen molar-refractivity contribution < 1.29 is 16.8 Å². The first-order chi connectivity index (χ1) is 8.12. The smallest absolute Gasteiger partial charge is 0.241 e. The molecule has 0 saturated heterocycles. The lowest BCUT2D eigenvalue weighted by molar-refractivity contribution is 0.581. The number of rotatable bonds is 5. The molecule has 6 nitrogen and oxygen atoms in total. The minimum Gasteiger partial charge on any atom is -0.399 e. The molecule has 3 N–H and O–H groups in total. The molecule has 9 heteroatoms. The fourth-order valence-electron chi connectivity index (χ4n) is 1.17. The van der Waals surface area contributed by atoms with E-state index in [4.69, 9.17) is 5.73 Å². The maximum atomic E-state index is 11.9. The molecule has 0 saturated carbocycles. The Hall–Kier alpha value is -0.640. The molecular formula is C9H13BrN2O4S2. The molecule has 0 aliphatic carbocycles. The van der Waals surface area contributed by atoms with E-state index in [9.17, 15) is 16.8 Å². The summed E-state index contributed by atoms with van der Waals surface area (Å²) in [5.41, 5.74) is 5.93. The van der Waals surface area contributed by atoms with Crippen molar-refractivity contribution in [2.24, 2.45) is 0 Å². The number of nitrogen functional groups attached to an aromatic ring is 1. The highest BCUT2D eigenvalue weighted by molar-refractivity contribution is 9.10. The molecule has 0 bridgehead atoms. The van der Waals surface area contributed by atoms with Crippen LogP contribution in [0.1, 0.15) is 0 Å². The van der Waals surface area contributed by atoms with Crippen LogP contribution < -0.4 is 10.5 Å². The fraction of sp³-hybridized carbons (Fsp3) is 0.333. The molecule has 0 amide bonds. The number of nitrogens with one attached hydrogen (secondary N) is 1. The average molecular weight is 357 g/mol. The Balaban J connectivity index is 2.87. The monoisotopic (exact) mass is 356 g/mol. The molecule has 0 atom stereocenters. The summed E-state index contributed by atoms with van der Waals surface area (Å²) in [5.74, 6) is -0.251. The second-order valence-electron chi connectivity index (χ2n) is 3.72. The van der Waals surface area contributed by atoms with Crippen molar-refractivity contribution in [1.82, 2.24) is 4.72 Å². The highest BCUT2D eigenvalue weighted by Crippen LogP contribution is 2.23. The van der Waals surface area contributed by atoms with E-state index in [-0.39, 0.29) is 17.2 Å². The first-order valence-electron chi connectivity index (χ1n) is 4.84. The Kier molecular flexibility index (Phi) is 4.76. The standard InChI is InChI=1S/C9H13BrN2O4S2/c1-17(13,14)5-4-12-18(15,16)9-3-2-7(11)6-8(9)10/h2-3,6,12H,4-5,11H2,1H3. The van der Waals surface area contributed by atoms with Gasteiger partial charge in [-0.2, -0.15) is 0 Å². The first-order valence-corrected chi connectivity index (χ1v) is 9.18. The molecular weight excluding hydrogens is 344 g/mol. The van der Waals surface area contributed by atoms with Crippen LogP contribution in [0.3, 0.4) is 0 Å². The summed E-state index contributed by atoms with van der Waals surface area (Å²) in [6, 6.07) is 4.27. The van der Waals surface area contributed by atoms with E-state index in [1.54, 1.807) is 0 Å². The molecule has 1 aromatic rings. The number of sulfone groups is 1. The molecule has 18 heavy (non-hydrogen) atoms. The molecule has 0 aromatic heterocycles. The third-order valence-corrected chi connectivity index (χ3v) is 5.39. The molecule has 0 aliphatic heterocycles. The minimum absolute atomic E-state index is 0.0187. The molecule has 0 aliphatic rings. The Bertz CT molecular complexity index is 641. The predicted octanol–water partition coefficient (Wildman–Crippen LogP) is 0.354. The summed E-state index contributed by atoms with van der Waals surface area (Å²) in [4.78, 5) is 0.0187. The van der Waals surface area contributed by atoms with E-state index >= 15 is 0 Å². The van der Waals surface area contributed by atoms with Gasteiger partial charge in [-0.05, 0) is 34.1 Å². The molecule has 1 aromatic carbocycles. The summed E-state index contributed by atoms with van der Waals surface area (Å²) < 4.78 is 48.1. The quantitative estimate of drug-likeness (QED) is 0.740. The Morgan fingerprint density at radius 3 is 2.39 bits per heavy atom. The number of sulfonamides is 1. The molecule has 0 heterocycles. The van der Waals surface area contributed by atoms with Gasteiger partial charge in [-0.25, -0.2) is 21.6 Å². The summed E-state index contributed by atoms with van der Waals surface area (Å²) in [7, 11) is -6.95. The maximum Gasteiger partial charge on any atom is 0.241 e. The average Bonchev–Trinajstić information content (AvgIpc) is 2.13. The van der Waals surface area contributed by atoms with Crippen molar-refractivity contribution >= 4 is 41.5 Å². The van der Waals surface area contributed by atoms with E-state index in [0.29, 0.717) is 10.2 Å². The Labute approximate surface area is 115 Å². The van der Waals surface area contributed by atoms with Gasteiger partial charge in [-0.1, -0.05) is 0 Å². The third-order valence-electron chi connectivity index (χ3n) is 2.01. The van der Waals surface area contributed by atoms with Gasteiger partial charge in [0.2, 0.25) is 10.0 Å². The van der Waals surface area contributed by atoms with Gasteiger partial charge in [0.25, 0.3) is 0 Å². The zero-order chi connectivity index (χ0) is 14.0. The van der Waals surface area contributed by atoms with Gasteiger partial charge in [-0.15, -0.1) is 0 Å². The van der Waals surface area contributed by atoms with Crippen LogP contribution in [0, 0.1) is 0 Å². The predicted molar refractivity (Wildman–Crippen MR) is 73.5 cm³/mol. The highest BCUT2D eigenvalue weighted by Gasteiger charge is 2.17. The second-order valence-corrected chi connectivity index (χ2v) is 8.57. The van der Waals surface area contributed by atoms with Crippen LogP contribution in [0.5, 0.6) is 0 Å². The maximum absolute atomic E-state index is 11.9. The molecule has 0 radical (unpaired) electrons. The van der Waals surface area contributed by atoms with Crippen LogP contribution >= 0.6 is 15.9 Å². The highest BCUT2D eigenvalue weighted by atomic mass is 79.9. The lowest BCUT2D eigenvalue weighted by Crippen LogP contribution is -2.29. The lowest BCUT2D eigenvalue weighted by atomic mass is 10.3. The fourth-order valence-corrected chi connectivity index (χ4v) is 3.90. The normalized spacial score (nSPS) is 12.6. The summed E-state index contributed by atoms with van der Waals surface area (Å²) in [5, 5.41) is 0. The van der Waals surface area contributed by atoms with E-state index < -0.39 is 19.9 Å². The first kappa shape index (κ1) is 15.4. The zero-order valence-electron chi connectivity index (χ0n) is 9.55. The van der Waals surface area contributed by atoms with Gasteiger partial charge in [0.15, 0.2) is 0 Å². The van der Waals surface area contributed by atoms with Crippen LogP contribution in [0.15, 0.2) is 27.6 Å². The molecule has 102 valence electrons. The lowest BCUT2D eigenvalue weighted by Gasteiger charge is -2.08. The van der Waals surface area contributed by atoms with E-state index in [2.05, 4.69) is 20.7 Å². The van der Waals surface area contributed by atoms with Crippen molar-refractivity contribution in [3.8, 4) is 0 Å². The van der Waals surface area contributed by atoms with Crippen LogP contribution in [-0.4, -0.2) is 35.4 Å².